The van der Waals surface area contributed by atoms with E-state index in [1.807, 2.05) is 23.1 Å². The molecule has 5 rings (SSSR count). The van der Waals surface area contributed by atoms with Crippen LogP contribution in [0.5, 0.6) is 0 Å². The van der Waals surface area contributed by atoms with E-state index >= 15 is 0 Å². The molecule has 0 N–H and O–H groups in total. The molecule has 3 amide bonds. The van der Waals surface area contributed by atoms with E-state index in [4.69, 9.17) is 0 Å². The molecule has 9 heteroatoms. The Hall–Kier alpha value is -3.98. The van der Waals surface area contributed by atoms with E-state index in [0.29, 0.717) is 42.9 Å². The predicted octanol–water partition coefficient (Wildman–Crippen LogP) is 4.42. The quantitative estimate of drug-likeness (QED) is 0.481. The summed E-state index contributed by atoms with van der Waals surface area (Å²) < 4.78 is 13.5. The SMILES string of the molecule is O=C(c1cccc(C=C2SC(=O)N(Cc3cccc(F)c3)C2=O)c1)N1CCN(c2ccccn2)CC1. The van der Waals surface area contributed by atoms with Crippen molar-refractivity contribution in [3.8, 4) is 0 Å². The molecule has 2 saturated heterocycles. The van der Waals surface area contributed by atoms with Gasteiger partial charge in [0, 0.05) is 37.9 Å². The first-order chi connectivity index (χ1) is 17.5. The number of aromatic nitrogens is 1. The van der Waals surface area contributed by atoms with Crippen molar-refractivity contribution in [2.75, 3.05) is 31.1 Å². The fourth-order valence-electron chi connectivity index (χ4n) is 4.23. The standard InChI is InChI=1S/C27H23FN4O3S/c28-22-8-4-6-20(16-22)18-32-26(34)23(36-27(32)35)17-19-5-3-7-21(15-19)25(33)31-13-11-30(12-14-31)24-9-1-2-10-29-24/h1-10,15-17H,11-14,18H2. The van der Waals surface area contributed by atoms with Gasteiger partial charge in [-0.25, -0.2) is 9.37 Å². The molecule has 182 valence electrons. The van der Waals surface area contributed by atoms with Crippen LogP contribution in [0.1, 0.15) is 21.5 Å². The molecule has 7 nitrogen and oxygen atoms in total. The number of thioether (sulfide) groups is 1. The number of carbonyl (C=O) groups is 3. The normalized spacial score (nSPS) is 17.2. The Bertz CT molecular complexity index is 1340. The van der Waals surface area contributed by atoms with Gasteiger partial charge in [0.15, 0.2) is 0 Å². The van der Waals surface area contributed by atoms with Crippen molar-refractivity contribution in [3.63, 3.8) is 0 Å². The number of hydrogen-bond donors (Lipinski definition) is 0. The van der Waals surface area contributed by atoms with Crippen molar-refractivity contribution >= 4 is 40.7 Å². The minimum Gasteiger partial charge on any atom is -0.353 e. The largest absolute Gasteiger partial charge is 0.353 e. The summed E-state index contributed by atoms with van der Waals surface area (Å²) in [5.74, 6) is -0.0330. The van der Waals surface area contributed by atoms with Crippen LogP contribution in [-0.4, -0.2) is 58.0 Å². The van der Waals surface area contributed by atoms with Crippen molar-refractivity contribution in [2.24, 2.45) is 0 Å². The maximum atomic E-state index is 13.5. The van der Waals surface area contributed by atoms with Crippen LogP contribution in [0.2, 0.25) is 0 Å². The van der Waals surface area contributed by atoms with Crippen LogP contribution in [0.3, 0.4) is 0 Å². The first kappa shape index (κ1) is 23.7. The lowest BCUT2D eigenvalue weighted by Gasteiger charge is -2.35. The Morgan fingerprint density at radius 1 is 0.972 bits per heavy atom. The zero-order chi connectivity index (χ0) is 25.1. The van der Waals surface area contributed by atoms with Gasteiger partial charge < -0.3 is 9.80 Å². The number of benzene rings is 2. The summed E-state index contributed by atoms with van der Waals surface area (Å²) in [4.78, 5) is 48.2. The van der Waals surface area contributed by atoms with Crippen molar-refractivity contribution in [1.29, 1.82) is 0 Å². The monoisotopic (exact) mass is 502 g/mol. The molecule has 2 aliphatic rings. The lowest BCUT2D eigenvalue weighted by Crippen LogP contribution is -2.49. The van der Waals surface area contributed by atoms with Crippen LogP contribution in [0.4, 0.5) is 15.0 Å². The fourth-order valence-corrected chi connectivity index (χ4v) is 5.07. The third kappa shape index (κ3) is 5.16. The highest BCUT2D eigenvalue weighted by Crippen LogP contribution is 2.33. The molecule has 0 unspecified atom stereocenters. The molecule has 0 atom stereocenters. The number of amides is 3. The number of hydrogen-bond acceptors (Lipinski definition) is 6. The van der Waals surface area contributed by atoms with Crippen LogP contribution >= 0.6 is 11.8 Å². The number of nitrogens with zero attached hydrogens (tertiary/aromatic N) is 4. The van der Waals surface area contributed by atoms with Crippen LogP contribution in [-0.2, 0) is 11.3 Å². The Balaban J connectivity index is 1.26. The number of anilines is 1. The highest BCUT2D eigenvalue weighted by atomic mass is 32.2. The predicted molar refractivity (Wildman–Crippen MR) is 137 cm³/mol. The van der Waals surface area contributed by atoms with Gasteiger partial charge in [-0.2, -0.15) is 0 Å². The average molecular weight is 503 g/mol. The van der Waals surface area contributed by atoms with Gasteiger partial charge in [0.05, 0.1) is 11.4 Å². The van der Waals surface area contributed by atoms with Gasteiger partial charge in [-0.05, 0) is 65.4 Å². The molecular formula is C27H23FN4O3S. The summed E-state index contributed by atoms with van der Waals surface area (Å²) in [6.45, 7) is 2.56. The maximum Gasteiger partial charge on any atom is 0.293 e. The highest BCUT2D eigenvalue weighted by Gasteiger charge is 2.35. The third-order valence-corrected chi connectivity index (χ3v) is 6.98. The molecule has 1 aromatic heterocycles. The van der Waals surface area contributed by atoms with Gasteiger partial charge in [-0.3, -0.25) is 19.3 Å². The van der Waals surface area contributed by atoms with Gasteiger partial charge in [0.1, 0.15) is 11.6 Å². The van der Waals surface area contributed by atoms with Gasteiger partial charge in [-0.15, -0.1) is 0 Å². The Kier molecular flexibility index (Phi) is 6.81. The minimum absolute atomic E-state index is 0.00275. The van der Waals surface area contributed by atoms with Crippen molar-refractivity contribution in [2.45, 2.75) is 6.54 Å². The molecule has 0 aliphatic carbocycles. The molecule has 0 radical (unpaired) electrons. The minimum atomic E-state index is -0.434. The van der Waals surface area contributed by atoms with E-state index in [1.54, 1.807) is 48.7 Å². The van der Waals surface area contributed by atoms with Gasteiger partial charge >= 0.3 is 0 Å². The summed E-state index contributed by atoms with van der Waals surface area (Å²) in [5, 5.41) is -0.409. The zero-order valence-corrected chi connectivity index (χ0v) is 20.2. The van der Waals surface area contributed by atoms with Gasteiger partial charge in [-0.1, -0.05) is 30.3 Å². The second-order valence-corrected chi connectivity index (χ2v) is 9.48. The summed E-state index contributed by atoms with van der Waals surface area (Å²) in [5.41, 5.74) is 1.72. The molecule has 2 aliphatic heterocycles. The maximum absolute atomic E-state index is 13.5. The third-order valence-electron chi connectivity index (χ3n) is 6.07. The van der Waals surface area contributed by atoms with Crippen LogP contribution < -0.4 is 4.90 Å². The van der Waals surface area contributed by atoms with Gasteiger partial charge in [0.2, 0.25) is 0 Å². The van der Waals surface area contributed by atoms with E-state index in [0.717, 1.165) is 22.5 Å². The number of carbonyl (C=O) groups excluding carboxylic acids is 3. The fraction of sp³-hybridized carbons (Fsp3) is 0.185. The molecule has 36 heavy (non-hydrogen) atoms. The molecule has 2 fully saturated rings. The molecular weight excluding hydrogens is 479 g/mol. The molecule has 0 bridgehead atoms. The second-order valence-electron chi connectivity index (χ2n) is 8.49. The van der Waals surface area contributed by atoms with Crippen LogP contribution in [0, 0.1) is 5.82 Å². The lowest BCUT2D eigenvalue weighted by molar-refractivity contribution is -0.123. The summed E-state index contributed by atoms with van der Waals surface area (Å²) in [7, 11) is 0. The first-order valence-corrected chi connectivity index (χ1v) is 12.3. The number of imide groups is 1. The Morgan fingerprint density at radius 2 is 1.78 bits per heavy atom. The average Bonchev–Trinajstić information content (AvgIpc) is 3.16. The smallest absolute Gasteiger partial charge is 0.293 e. The molecule has 2 aromatic carbocycles. The highest BCUT2D eigenvalue weighted by molar-refractivity contribution is 8.18. The lowest BCUT2D eigenvalue weighted by atomic mass is 10.1. The topological polar surface area (TPSA) is 73.8 Å². The summed E-state index contributed by atoms with van der Waals surface area (Å²) >= 11 is 0.839. The van der Waals surface area contributed by atoms with Crippen molar-refractivity contribution in [3.05, 3.63) is 100 Å². The first-order valence-electron chi connectivity index (χ1n) is 11.5. The Morgan fingerprint density at radius 3 is 2.53 bits per heavy atom. The van der Waals surface area contributed by atoms with E-state index in [1.165, 1.54) is 12.1 Å². The zero-order valence-electron chi connectivity index (χ0n) is 19.3. The molecule has 3 heterocycles. The van der Waals surface area contributed by atoms with Crippen LogP contribution in [0.25, 0.3) is 6.08 Å². The molecule has 0 saturated carbocycles. The summed E-state index contributed by atoms with van der Waals surface area (Å²) in [6.07, 6.45) is 3.38. The summed E-state index contributed by atoms with van der Waals surface area (Å²) in [6, 6.07) is 18.6. The second kappa shape index (κ2) is 10.3. The molecule has 0 spiro atoms. The van der Waals surface area contributed by atoms with Crippen molar-refractivity contribution in [1.82, 2.24) is 14.8 Å². The number of pyridine rings is 1. The van der Waals surface area contributed by atoms with E-state index in [9.17, 15) is 18.8 Å². The number of halogens is 1. The number of rotatable bonds is 5. The molecule has 3 aromatic rings. The van der Waals surface area contributed by atoms with E-state index in [-0.39, 0.29) is 17.4 Å². The van der Waals surface area contributed by atoms with E-state index in [2.05, 4.69) is 9.88 Å². The number of piperazine rings is 1. The Labute approximate surface area is 212 Å². The van der Waals surface area contributed by atoms with E-state index < -0.39 is 17.0 Å². The van der Waals surface area contributed by atoms with Gasteiger partial charge in [0.25, 0.3) is 17.1 Å². The van der Waals surface area contributed by atoms with Crippen LogP contribution in [0.15, 0.2) is 77.8 Å². The van der Waals surface area contributed by atoms with Crippen molar-refractivity contribution < 1.29 is 18.8 Å².